The number of benzene rings is 2. The first-order valence-corrected chi connectivity index (χ1v) is 11.1. The Bertz CT molecular complexity index is 884. The second-order valence-corrected chi connectivity index (χ2v) is 8.84. The lowest BCUT2D eigenvalue weighted by molar-refractivity contribution is -0.121. The minimum Gasteiger partial charge on any atom is -0.356 e. The van der Waals surface area contributed by atoms with Crippen LogP contribution in [0.4, 0.5) is 5.69 Å². The molecule has 0 spiro atoms. The van der Waals surface area contributed by atoms with Gasteiger partial charge in [0.25, 0.3) is 0 Å². The zero-order chi connectivity index (χ0) is 19.9. The summed E-state index contributed by atoms with van der Waals surface area (Å²) in [6.45, 7) is 0.544. The first kappa shape index (κ1) is 21.5. The normalized spacial score (nSPS) is 11.2. The van der Waals surface area contributed by atoms with E-state index >= 15 is 0 Å². The molecule has 0 atom stereocenters. The Morgan fingerprint density at radius 2 is 1.63 bits per heavy atom. The topological polar surface area (TPSA) is 75.3 Å². The van der Waals surface area contributed by atoms with Gasteiger partial charge in [0, 0.05) is 18.7 Å². The summed E-state index contributed by atoms with van der Waals surface area (Å²) in [7, 11) is -3.27. The molecule has 0 radical (unpaired) electrons. The van der Waals surface area contributed by atoms with E-state index in [1.54, 1.807) is 24.3 Å². The van der Waals surface area contributed by atoms with Gasteiger partial charge >= 0.3 is 0 Å². The number of aryl methyl sites for hydroxylation is 1. The van der Waals surface area contributed by atoms with Gasteiger partial charge in [-0.3, -0.25) is 9.52 Å². The van der Waals surface area contributed by atoms with Crippen molar-refractivity contribution in [2.45, 2.75) is 25.7 Å². The number of hydrogen-bond donors (Lipinski definition) is 2. The summed E-state index contributed by atoms with van der Waals surface area (Å²) in [6.07, 6.45) is 3.71. The molecule has 2 rings (SSSR count). The number of carbonyl (C=O) groups excluding carboxylic acids is 1. The van der Waals surface area contributed by atoms with E-state index in [-0.39, 0.29) is 5.91 Å². The molecule has 1 amide bonds. The number of rotatable bonds is 9. The lowest BCUT2D eigenvalue weighted by Gasteiger charge is -2.07. The van der Waals surface area contributed by atoms with E-state index in [4.69, 9.17) is 23.2 Å². The summed E-state index contributed by atoms with van der Waals surface area (Å²) in [5.74, 6) is 0.00502. The molecule has 0 fully saturated rings. The standard InChI is InChI=1S/C19H22Cl2N2O3S/c1-27(25,26)23-16-8-5-14(6-9-16)3-2-4-19(24)22-12-11-15-7-10-17(20)18(21)13-15/h5-10,13,23H,2-4,11-12H2,1H3,(H,22,24). The second kappa shape index (κ2) is 9.97. The van der Waals surface area contributed by atoms with Crippen LogP contribution in [0.25, 0.3) is 0 Å². The molecule has 2 aromatic rings. The molecular weight excluding hydrogens is 407 g/mol. The summed E-state index contributed by atoms with van der Waals surface area (Å²) in [5, 5.41) is 3.93. The number of sulfonamides is 1. The SMILES string of the molecule is CS(=O)(=O)Nc1ccc(CCCC(=O)NCCc2ccc(Cl)c(Cl)c2)cc1. The monoisotopic (exact) mass is 428 g/mol. The number of amides is 1. The van der Waals surface area contributed by atoms with Crippen molar-refractivity contribution in [3.05, 3.63) is 63.6 Å². The lowest BCUT2D eigenvalue weighted by Crippen LogP contribution is -2.25. The highest BCUT2D eigenvalue weighted by Crippen LogP contribution is 2.22. The largest absolute Gasteiger partial charge is 0.356 e. The van der Waals surface area contributed by atoms with E-state index in [9.17, 15) is 13.2 Å². The molecule has 0 aromatic heterocycles. The highest BCUT2D eigenvalue weighted by Gasteiger charge is 2.05. The molecule has 0 heterocycles. The third kappa shape index (κ3) is 8.20. The lowest BCUT2D eigenvalue weighted by atomic mass is 10.1. The average molecular weight is 429 g/mol. The molecule has 146 valence electrons. The second-order valence-electron chi connectivity index (χ2n) is 6.27. The molecule has 0 saturated heterocycles. The molecule has 2 N–H and O–H groups in total. The van der Waals surface area contributed by atoms with Gasteiger partial charge in [0.05, 0.1) is 16.3 Å². The van der Waals surface area contributed by atoms with Crippen molar-refractivity contribution in [1.82, 2.24) is 5.32 Å². The van der Waals surface area contributed by atoms with Gasteiger partial charge in [-0.05, 0) is 54.7 Å². The maximum atomic E-state index is 11.9. The van der Waals surface area contributed by atoms with Crippen LogP contribution >= 0.6 is 23.2 Å². The predicted molar refractivity (Wildman–Crippen MR) is 111 cm³/mol. The molecule has 0 aliphatic rings. The van der Waals surface area contributed by atoms with E-state index in [0.29, 0.717) is 35.1 Å². The Labute approximate surface area is 170 Å². The summed E-state index contributed by atoms with van der Waals surface area (Å²) >= 11 is 11.8. The third-order valence-corrected chi connectivity index (χ3v) is 5.19. The fourth-order valence-electron chi connectivity index (χ4n) is 2.54. The summed E-state index contributed by atoms with van der Waals surface area (Å²) in [5.41, 5.74) is 2.60. The number of halogens is 2. The van der Waals surface area contributed by atoms with Crippen LogP contribution in [0.1, 0.15) is 24.0 Å². The van der Waals surface area contributed by atoms with Gasteiger partial charge < -0.3 is 5.32 Å². The average Bonchev–Trinajstić information content (AvgIpc) is 2.58. The zero-order valence-electron chi connectivity index (χ0n) is 15.0. The Hall–Kier alpha value is -1.76. The molecule has 0 saturated carbocycles. The first-order valence-electron chi connectivity index (χ1n) is 8.50. The van der Waals surface area contributed by atoms with Gasteiger partial charge in [0.15, 0.2) is 0 Å². The van der Waals surface area contributed by atoms with E-state index in [1.807, 2.05) is 18.2 Å². The molecule has 0 unspecified atom stereocenters. The van der Waals surface area contributed by atoms with Crippen molar-refractivity contribution >= 4 is 44.8 Å². The van der Waals surface area contributed by atoms with Gasteiger partial charge in [-0.2, -0.15) is 0 Å². The van der Waals surface area contributed by atoms with Crippen LogP contribution in [0, 0.1) is 0 Å². The Morgan fingerprint density at radius 3 is 2.26 bits per heavy atom. The number of hydrogen-bond acceptors (Lipinski definition) is 3. The molecule has 5 nitrogen and oxygen atoms in total. The molecule has 0 bridgehead atoms. The van der Waals surface area contributed by atoms with Crippen LogP contribution in [0.15, 0.2) is 42.5 Å². The molecule has 0 aliphatic heterocycles. The van der Waals surface area contributed by atoms with Gasteiger partial charge in [-0.1, -0.05) is 41.4 Å². The van der Waals surface area contributed by atoms with E-state index < -0.39 is 10.0 Å². The number of carbonyl (C=O) groups is 1. The first-order chi connectivity index (χ1) is 12.7. The van der Waals surface area contributed by atoms with E-state index in [1.165, 1.54) is 0 Å². The van der Waals surface area contributed by atoms with Crippen LogP contribution in [0.2, 0.25) is 10.0 Å². The van der Waals surface area contributed by atoms with Gasteiger partial charge in [0.2, 0.25) is 15.9 Å². The number of nitrogens with one attached hydrogen (secondary N) is 2. The maximum Gasteiger partial charge on any atom is 0.229 e. The van der Waals surface area contributed by atoms with Crippen molar-refractivity contribution in [2.24, 2.45) is 0 Å². The van der Waals surface area contributed by atoms with Crippen molar-refractivity contribution in [1.29, 1.82) is 0 Å². The van der Waals surface area contributed by atoms with Crippen LogP contribution < -0.4 is 10.0 Å². The summed E-state index contributed by atoms with van der Waals surface area (Å²) in [4.78, 5) is 11.9. The minimum atomic E-state index is -3.27. The molecule has 0 aliphatic carbocycles. The number of anilines is 1. The predicted octanol–water partition coefficient (Wildman–Crippen LogP) is 4.05. The van der Waals surface area contributed by atoms with Gasteiger partial charge in [0.1, 0.15) is 0 Å². The third-order valence-electron chi connectivity index (χ3n) is 3.85. The fraction of sp³-hybridized carbons (Fsp3) is 0.316. The van der Waals surface area contributed by atoms with Gasteiger partial charge in [-0.15, -0.1) is 0 Å². The van der Waals surface area contributed by atoms with Crippen molar-refractivity contribution in [2.75, 3.05) is 17.5 Å². The van der Waals surface area contributed by atoms with Crippen molar-refractivity contribution in [3.8, 4) is 0 Å². The fourth-order valence-corrected chi connectivity index (χ4v) is 3.42. The minimum absolute atomic E-state index is 0.00502. The smallest absolute Gasteiger partial charge is 0.229 e. The van der Waals surface area contributed by atoms with E-state index in [2.05, 4.69) is 10.0 Å². The van der Waals surface area contributed by atoms with Crippen LogP contribution in [-0.2, 0) is 27.7 Å². The Morgan fingerprint density at radius 1 is 0.963 bits per heavy atom. The summed E-state index contributed by atoms with van der Waals surface area (Å²) in [6, 6.07) is 12.6. The van der Waals surface area contributed by atoms with Crippen LogP contribution in [-0.4, -0.2) is 27.1 Å². The van der Waals surface area contributed by atoms with Gasteiger partial charge in [-0.25, -0.2) is 8.42 Å². The molecule has 27 heavy (non-hydrogen) atoms. The Balaban J connectivity index is 1.67. The maximum absolute atomic E-state index is 11.9. The van der Waals surface area contributed by atoms with Crippen LogP contribution in [0.3, 0.4) is 0 Å². The zero-order valence-corrected chi connectivity index (χ0v) is 17.3. The Kier molecular flexibility index (Phi) is 7.95. The molecular formula is C19H22Cl2N2O3S. The van der Waals surface area contributed by atoms with E-state index in [0.717, 1.165) is 30.2 Å². The highest BCUT2D eigenvalue weighted by molar-refractivity contribution is 7.92. The van der Waals surface area contributed by atoms with Crippen molar-refractivity contribution < 1.29 is 13.2 Å². The van der Waals surface area contributed by atoms with Crippen molar-refractivity contribution in [3.63, 3.8) is 0 Å². The highest BCUT2D eigenvalue weighted by atomic mass is 35.5. The summed E-state index contributed by atoms with van der Waals surface area (Å²) < 4.78 is 24.8. The molecule has 8 heteroatoms. The quantitative estimate of drug-likeness (QED) is 0.632. The van der Waals surface area contributed by atoms with Crippen LogP contribution in [0.5, 0.6) is 0 Å². The molecule has 2 aromatic carbocycles.